The summed E-state index contributed by atoms with van der Waals surface area (Å²) in [4.78, 5) is 22.6. The van der Waals surface area contributed by atoms with Gasteiger partial charge in [0, 0.05) is 25.8 Å². The van der Waals surface area contributed by atoms with Crippen LogP contribution in [0.2, 0.25) is 0 Å². The summed E-state index contributed by atoms with van der Waals surface area (Å²) in [7, 11) is -2.29. The van der Waals surface area contributed by atoms with Crippen LogP contribution in [-0.4, -0.2) is 49.3 Å². The molecule has 3 aromatic rings. The largest absolute Gasteiger partial charge is 0.419 e. The summed E-state index contributed by atoms with van der Waals surface area (Å²) >= 11 is 0. The van der Waals surface area contributed by atoms with E-state index in [0.29, 0.717) is 49.0 Å². The van der Waals surface area contributed by atoms with Crippen LogP contribution in [0.25, 0.3) is 11.1 Å². The van der Waals surface area contributed by atoms with Gasteiger partial charge in [-0.3, -0.25) is 4.57 Å². The van der Waals surface area contributed by atoms with Gasteiger partial charge in [-0.05, 0) is 31.2 Å². The number of oxazole rings is 1. The molecule has 1 aromatic carbocycles. The molecule has 2 aromatic heterocycles. The van der Waals surface area contributed by atoms with Crippen molar-refractivity contribution in [3.8, 4) is 0 Å². The summed E-state index contributed by atoms with van der Waals surface area (Å²) < 4.78 is 39.7. The van der Waals surface area contributed by atoms with E-state index < -0.39 is 15.8 Å². The van der Waals surface area contributed by atoms with E-state index in [4.69, 9.17) is 9.15 Å². The van der Waals surface area contributed by atoms with Crippen LogP contribution in [0.1, 0.15) is 11.4 Å². The van der Waals surface area contributed by atoms with E-state index in [1.165, 1.54) is 29.8 Å². The highest BCUT2D eigenvalue weighted by molar-refractivity contribution is 7.89. The summed E-state index contributed by atoms with van der Waals surface area (Å²) in [6, 6.07) is 6.02. The van der Waals surface area contributed by atoms with Crippen molar-refractivity contribution in [1.82, 2.24) is 19.3 Å². The first-order valence-electron chi connectivity index (χ1n) is 9.10. The number of morpholine rings is 1. The normalized spacial score (nSPS) is 15.2. The van der Waals surface area contributed by atoms with Crippen molar-refractivity contribution in [2.24, 2.45) is 7.05 Å². The number of hydrogen-bond acceptors (Lipinski definition) is 8. The summed E-state index contributed by atoms with van der Waals surface area (Å²) in [6.07, 6.45) is 0. The van der Waals surface area contributed by atoms with Crippen LogP contribution in [0.15, 0.2) is 38.4 Å². The molecule has 10 nitrogen and oxygen atoms in total. The van der Waals surface area contributed by atoms with E-state index in [1.807, 2.05) is 11.8 Å². The van der Waals surface area contributed by atoms with Crippen LogP contribution in [0.5, 0.6) is 0 Å². The van der Waals surface area contributed by atoms with Gasteiger partial charge in [-0.25, -0.2) is 27.9 Å². The van der Waals surface area contributed by atoms with Crippen molar-refractivity contribution in [3.63, 3.8) is 0 Å². The number of rotatable bonds is 5. The minimum atomic E-state index is -3.81. The minimum absolute atomic E-state index is 0.0192. The quantitative estimate of drug-likeness (QED) is 0.637. The Morgan fingerprint density at radius 1 is 1.17 bits per heavy atom. The number of ether oxygens (including phenoxy) is 1. The Labute approximate surface area is 167 Å². The summed E-state index contributed by atoms with van der Waals surface area (Å²) in [6.45, 7) is 4.47. The van der Waals surface area contributed by atoms with Gasteiger partial charge in [-0.1, -0.05) is 0 Å². The number of anilines is 1. The van der Waals surface area contributed by atoms with Gasteiger partial charge < -0.3 is 14.1 Å². The molecule has 11 heteroatoms. The van der Waals surface area contributed by atoms with Crippen LogP contribution in [0, 0.1) is 6.92 Å². The van der Waals surface area contributed by atoms with E-state index in [2.05, 4.69) is 14.7 Å². The number of nitrogens with one attached hydrogen (secondary N) is 1. The zero-order valence-corrected chi connectivity index (χ0v) is 16.9. The molecular weight excluding hydrogens is 398 g/mol. The third-order valence-corrected chi connectivity index (χ3v) is 6.10. The van der Waals surface area contributed by atoms with Gasteiger partial charge in [0.1, 0.15) is 0 Å². The van der Waals surface area contributed by atoms with Crippen LogP contribution >= 0.6 is 0 Å². The molecule has 0 amide bonds. The summed E-state index contributed by atoms with van der Waals surface area (Å²) in [5.41, 5.74) is 2.06. The Morgan fingerprint density at radius 3 is 2.69 bits per heavy atom. The first-order valence-corrected chi connectivity index (χ1v) is 10.6. The highest BCUT2D eigenvalue weighted by Gasteiger charge is 2.19. The first-order chi connectivity index (χ1) is 13.8. The Balaban J connectivity index is 1.55. The predicted octanol–water partition coefficient (Wildman–Crippen LogP) is 0.545. The molecule has 1 N–H and O–H groups in total. The zero-order chi connectivity index (χ0) is 20.6. The molecule has 0 bridgehead atoms. The number of hydrogen-bond donors (Lipinski definition) is 1. The lowest BCUT2D eigenvalue weighted by Crippen LogP contribution is -2.37. The van der Waals surface area contributed by atoms with E-state index >= 15 is 0 Å². The molecule has 0 unspecified atom stereocenters. The van der Waals surface area contributed by atoms with Gasteiger partial charge in [0.05, 0.1) is 35.9 Å². The molecule has 0 aliphatic carbocycles. The fourth-order valence-corrected chi connectivity index (χ4v) is 4.16. The SMILES string of the molecule is Cc1cc(CNS(=O)(=O)c2ccc3oc(=O)n(C)c3c2)nc(N2CCOCC2)n1. The van der Waals surface area contributed by atoms with Crippen molar-refractivity contribution in [3.05, 3.63) is 46.2 Å². The fraction of sp³-hybridized carbons (Fsp3) is 0.389. The summed E-state index contributed by atoms with van der Waals surface area (Å²) in [5, 5.41) is 0. The Morgan fingerprint density at radius 2 is 1.93 bits per heavy atom. The third-order valence-electron chi connectivity index (χ3n) is 4.71. The van der Waals surface area contributed by atoms with Gasteiger partial charge in [0.15, 0.2) is 5.58 Å². The van der Waals surface area contributed by atoms with Crippen molar-refractivity contribution in [2.45, 2.75) is 18.4 Å². The zero-order valence-electron chi connectivity index (χ0n) is 16.1. The molecule has 29 heavy (non-hydrogen) atoms. The van der Waals surface area contributed by atoms with Crippen LogP contribution in [0.3, 0.4) is 0 Å². The molecule has 4 rings (SSSR count). The number of fused-ring (bicyclic) bond motifs is 1. The highest BCUT2D eigenvalue weighted by atomic mass is 32.2. The Hall–Kier alpha value is -2.76. The highest BCUT2D eigenvalue weighted by Crippen LogP contribution is 2.18. The van der Waals surface area contributed by atoms with Gasteiger partial charge in [-0.2, -0.15) is 0 Å². The van der Waals surface area contributed by atoms with Gasteiger partial charge in [0.25, 0.3) is 0 Å². The van der Waals surface area contributed by atoms with E-state index in [1.54, 1.807) is 6.07 Å². The molecule has 0 radical (unpaired) electrons. The van der Waals surface area contributed by atoms with Crippen molar-refractivity contribution in [1.29, 1.82) is 0 Å². The van der Waals surface area contributed by atoms with Crippen LogP contribution in [0.4, 0.5) is 5.95 Å². The van der Waals surface area contributed by atoms with E-state index in [9.17, 15) is 13.2 Å². The molecule has 154 valence electrons. The second-order valence-corrected chi connectivity index (χ2v) is 8.55. The fourth-order valence-electron chi connectivity index (χ4n) is 3.14. The average molecular weight is 419 g/mol. The number of aryl methyl sites for hydroxylation is 2. The third kappa shape index (κ3) is 4.02. The Kier molecular flexibility index (Phi) is 5.11. The second kappa shape index (κ2) is 7.58. The van der Waals surface area contributed by atoms with Gasteiger partial charge in [0.2, 0.25) is 16.0 Å². The molecule has 3 heterocycles. The average Bonchev–Trinajstić information content (AvgIpc) is 3.00. The molecule has 1 saturated heterocycles. The predicted molar refractivity (Wildman–Crippen MR) is 105 cm³/mol. The number of sulfonamides is 1. The van der Waals surface area contributed by atoms with Gasteiger partial charge in [-0.15, -0.1) is 0 Å². The Bertz CT molecular complexity index is 1210. The molecule has 1 aliphatic heterocycles. The smallest absolute Gasteiger partial charge is 0.408 e. The number of aromatic nitrogens is 3. The first kappa shape index (κ1) is 19.6. The topological polar surface area (TPSA) is 120 Å². The monoisotopic (exact) mass is 419 g/mol. The molecular formula is C18H21N5O5S. The lowest BCUT2D eigenvalue weighted by molar-refractivity contribution is 0.122. The molecule has 0 saturated carbocycles. The van der Waals surface area contributed by atoms with E-state index in [0.717, 1.165) is 5.69 Å². The van der Waals surface area contributed by atoms with Gasteiger partial charge >= 0.3 is 5.76 Å². The number of nitrogens with zero attached hydrogens (tertiary/aromatic N) is 4. The lowest BCUT2D eigenvalue weighted by atomic mass is 10.3. The standard InChI is InChI=1S/C18H21N5O5S/c1-12-9-13(21-17(20-12)23-5-7-27-8-6-23)11-19-29(25,26)14-3-4-16-15(10-14)22(2)18(24)28-16/h3-4,9-10,19H,5-8,11H2,1-2H3. The minimum Gasteiger partial charge on any atom is -0.408 e. The lowest BCUT2D eigenvalue weighted by Gasteiger charge is -2.27. The summed E-state index contributed by atoms with van der Waals surface area (Å²) in [5.74, 6) is 0.0203. The second-order valence-electron chi connectivity index (χ2n) is 6.78. The number of benzene rings is 1. The van der Waals surface area contributed by atoms with Crippen molar-refractivity contribution in [2.75, 3.05) is 31.2 Å². The molecule has 0 spiro atoms. The maximum absolute atomic E-state index is 12.7. The molecule has 1 fully saturated rings. The van der Waals surface area contributed by atoms with Crippen LogP contribution < -0.4 is 15.4 Å². The van der Waals surface area contributed by atoms with Crippen molar-refractivity contribution < 1.29 is 17.6 Å². The maximum atomic E-state index is 12.7. The van der Waals surface area contributed by atoms with Crippen LogP contribution in [-0.2, 0) is 28.4 Å². The molecule has 0 atom stereocenters. The maximum Gasteiger partial charge on any atom is 0.419 e. The van der Waals surface area contributed by atoms with E-state index in [-0.39, 0.29) is 11.4 Å². The van der Waals surface area contributed by atoms with Crippen molar-refractivity contribution >= 4 is 27.1 Å². The molecule has 1 aliphatic rings.